The first-order chi connectivity index (χ1) is 10.2. The molecule has 2 aromatic rings. The van der Waals surface area contributed by atoms with Crippen LogP contribution in [0.4, 0.5) is 4.79 Å². The summed E-state index contributed by atoms with van der Waals surface area (Å²) in [5, 5.41) is 0.933. The van der Waals surface area contributed by atoms with E-state index in [0.29, 0.717) is 5.52 Å². The molecule has 118 valence electrons. The van der Waals surface area contributed by atoms with Crippen molar-refractivity contribution in [1.82, 2.24) is 4.57 Å². The van der Waals surface area contributed by atoms with Gasteiger partial charge in [-0.05, 0) is 49.4 Å². The molecule has 1 heterocycles. The van der Waals surface area contributed by atoms with Crippen molar-refractivity contribution in [2.45, 2.75) is 26.4 Å². The number of methoxy groups -OCH3 is 1. The summed E-state index contributed by atoms with van der Waals surface area (Å²) in [6.45, 7) is 5.34. The molecule has 0 saturated heterocycles. The molecule has 0 amide bonds. The Balaban J connectivity index is 2.65. The van der Waals surface area contributed by atoms with Crippen molar-refractivity contribution in [2.24, 2.45) is 0 Å². The highest BCUT2D eigenvalue weighted by molar-refractivity contribution is 14.1. The average molecular weight is 436 g/mol. The van der Waals surface area contributed by atoms with Crippen LogP contribution in [-0.2, 0) is 9.47 Å². The molecule has 0 bridgehead atoms. The first kappa shape index (κ1) is 17.1. The zero-order valence-electron chi connectivity index (χ0n) is 12.6. The Morgan fingerprint density at radius 3 is 2.45 bits per heavy atom. The maximum atomic E-state index is 12.4. The Hall–Kier alpha value is -1.28. The fraction of sp³-hybridized carbons (Fsp3) is 0.333. The fourth-order valence-electron chi connectivity index (χ4n) is 1.96. The molecular formula is C15H15ClINO4. The number of fused-ring (bicyclic) bond motifs is 1. The van der Waals surface area contributed by atoms with Crippen LogP contribution in [0.1, 0.15) is 31.1 Å². The second-order valence-electron chi connectivity index (χ2n) is 5.64. The second-order valence-corrected chi connectivity index (χ2v) is 7.18. The van der Waals surface area contributed by atoms with Gasteiger partial charge in [-0.1, -0.05) is 17.7 Å². The van der Waals surface area contributed by atoms with Crippen LogP contribution in [0.25, 0.3) is 10.9 Å². The van der Waals surface area contributed by atoms with E-state index >= 15 is 0 Å². The molecule has 0 saturated carbocycles. The number of benzene rings is 1. The molecule has 0 spiro atoms. The third-order valence-electron chi connectivity index (χ3n) is 2.85. The zero-order chi connectivity index (χ0) is 16.7. The number of aromatic nitrogens is 1. The predicted molar refractivity (Wildman–Crippen MR) is 92.6 cm³/mol. The van der Waals surface area contributed by atoms with Gasteiger partial charge in [0, 0.05) is 15.2 Å². The number of hydrogen-bond acceptors (Lipinski definition) is 4. The van der Waals surface area contributed by atoms with E-state index in [0.717, 1.165) is 8.96 Å². The summed E-state index contributed by atoms with van der Waals surface area (Å²) in [5.41, 5.74) is 0.00476. The van der Waals surface area contributed by atoms with Crippen LogP contribution < -0.4 is 0 Å². The molecule has 0 fully saturated rings. The van der Waals surface area contributed by atoms with Gasteiger partial charge in [-0.2, -0.15) is 0 Å². The number of hydrogen-bond donors (Lipinski definition) is 0. The summed E-state index contributed by atoms with van der Waals surface area (Å²) in [6, 6.07) is 3.31. The first-order valence-electron chi connectivity index (χ1n) is 6.46. The summed E-state index contributed by atoms with van der Waals surface area (Å²) in [7, 11) is 1.28. The van der Waals surface area contributed by atoms with Gasteiger partial charge in [0.05, 0.1) is 23.2 Å². The third kappa shape index (κ3) is 3.22. The van der Waals surface area contributed by atoms with E-state index in [1.54, 1.807) is 39.1 Å². The summed E-state index contributed by atoms with van der Waals surface area (Å²) < 4.78 is 12.2. The van der Waals surface area contributed by atoms with E-state index in [4.69, 9.17) is 21.1 Å². The van der Waals surface area contributed by atoms with Gasteiger partial charge in [0.2, 0.25) is 0 Å². The molecule has 1 aromatic carbocycles. The Kier molecular flexibility index (Phi) is 4.72. The van der Waals surface area contributed by atoms with Crippen molar-refractivity contribution in [3.8, 4) is 0 Å². The van der Waals surface area contributed by atoms with Crippen molar-refractivity contribution in [3.05, 3.63) is 32.5 Å². The lowest BCUT2D eigenvalue weighted by molar-refractivity contribution is 0.0541. The molecule has 0 aliphatic rings. The fourth-order valence-corrected chi connectivity index (χ4v) is 3.01. The van der Waals surface area contributed by atoms with Crippen molar-refractivity contribution in [2.75, 3.05) is 7.11 Å². The van der Waals surface area contributed by atoms with Crippen LogP contribution in [0, 0.1) is 3.57 Å². The summed E-state index contributed by atoms with van der Waals surface area (Å²) in [6.07, 6.45) is 1.08. The highest BCUT2D eigenvalue weighted by Crippen LogP contribution is 2.32. The maximum absolute atomic E-state index is 12.4. The lowest BCUT2D eigenvalue weighted by atomic mass is 10.1. The summed E-state index contributed by atoms with van der Waals surface area (Å²) >= 11 is 8.42. The minimum Gasteiger partial charge on any atom is -0.465 e. The molecular weight excluding hydrogens is 421 g/mol. The van der Waals surface area contributed by atoms with Crippen LogP contribution in [0.15, 0.2) is 18.3 Å². The molecule has 7 heteroatoms. The molecule has 0 N–H and O–H groups in total. The molecule has 0 atom stereocenters. The maximum Gasteiger partial charge on any atom is 0.419 e. The molecule has 0 unspecified atom stereocenters. The monoisotopic (exact) mass is 435 g/mol. The van der Waals surface area contributed by atoms with Crippen LogP contribution in [0.5, 0.6) is 0 Å². The number of halogens is 2. The highest BCUT2D eigenvalue weighted by atomic mass is 127. The quantitative estimate of drug-likeness (QED) is 0.490. The minimum atomic E-state index is -0.633. The van der Waals surface area contributed by atoms with E-state index in [9.17, 15) is 9.59 Å². The van der Waals surface area contributed by atoms with Gasteiger partial charge in [-0.15, -0.1) is 0 Å². The number of ether oxygens (including phenoxy) is 2. The summed E-state index contributed by atoms with van der Waals surface area (Å²) in [4.78, 5) is 24.1. The molecule has 22 heavy (non-hydrogen) atoms. The van der Waals surface area contributed by atoms with Gasteiger partial charge in [-0.25, -0.2) is 14.2 Å². The Morgan fingerprint density at radius 2 is 1.91 bits per heavy atom. The predicted octanol–water partition coefficient (Wildman–Crippen LogP) is 4.47. The van der Waals surface area contributed by atoms with Crippen molar-refractivity contribution in [1.29, 1.82) is 0 Å². The van der Waals surface area contributed by atoms with E-state index in [1.165, 1.54) is 11.7 Å². The number of rotatable bonds is 1. The van der Waals surface area contributed by atoms with Gasteiger partial charge in [-0.3, -0.25) is 0 Å². The van der Waals surface area contributed by atoms with E-state index < -0.39 is 17.7 Å². The molecule has 0 aliphatic carbocycles. The van der Waals surface area contributed by atoms with Gasteiger partial charge in [0.1, 0.15) is 5.60 Å². The smallest absolute Gasteiger partial charge is 0.419 e. The van der Waals surface area contributed by atoms with E-state index in [1.807, 2.05) is 0 Å². The largest absolute Gasteiger partial charge is 0.465 e. The first-order valence-corrected chi connectivity index (χ1v) is 7.92. The third-order valence-corrected chi connectivity index (χ3v) is 4.09. The minimum absolute atomic E-state index is 0.165. The molecule has 2 rings (SSSR count). The Morgan fingerprint density at radius 1 is 1.27 bits per heavy atom. The van der Waals surface area contributed by atoms with E-state index in [2.05, 4.69) is 22.6 Å². The van der Waals surface area contributed by atoms with Crippen molar-refractivity contribution in [3.63, 3.8) is 0 Å². The lowest BCUT2D eigenvalue weighted by Gasteiger charge is -2.20. The second kappa shape index (κ2) is 6.08. The Labute approximate surface area is 146 Å². The topological polar surface area (TPSA) is 57.5 Å². The van der Waals surface area contributed by atoms with Crippen LogP contribution in [0.2, 0.25) is 5.02 Å². The van der Waals surface area contributed by atoms with Gasteiger partial charge in [0.15, 0.2) is 0 Å². The van der Waals surface area contributed by atoms with Gasteiger partial charge >= 0.3 is 12.1 Å². The number of carbonyl (C=O) groups excluding carboxylic acids is 2. The normalized spacial score (nSPS) is 11.5. The van der Waals surface area contributed by atoms with Gasteiger partial charge < -0.3 is 9.47 Å². The van der Waals surface area contributed by atoms with Crippen LogP contribution in [0.3, 0.4) is 0 Å². The number of carbonyl (C=O) groups is 2. The van der Waals surface area contributed by atoms with Crippen LogP contribution in [-0.4, -0.2) is 29.3 Å². The average Bonchev–Trinajstić information content (AvgIpc) is 2.75. The van der Waals surface area contributed by atoms with Gasteiger partial charge in [0.25, 0.3) is 0 Å². The summed E-state index contributed by atoms with van der Waals surface area (Å²) in [5.74, 6) is -0.557. The van der Waals surface area contributed by atoms with E-state index in [-0.39, 0.29) is 10.6 Å². The van der Waals surface area contributed by atoms with Crippen molar-refractivity contribution >= 4 is 57.2 Å². The van der Waals surface area contributed by atoms with Crippen molar-refractivity contribution < 1.29 is 19.1 Å². The van der Waals surface area contributed by atoms with Crippen LogP contribution >= 0.6 is 34.2 Å². The number of nitrogens with zero attached hydrogens (tertiary/aromatic N) is 1. The zero-order valence-corrected chi connectivity index (χ0v) is 15.5. The molecule has 0 radical (unpaired) electrons. The highest BCUT2D eigenvalue weighted by Gasteiger charge is 2.24. The Bertz CT molecular complexity index is 761. The molecule has 0 aliphatic heterocycles. The SMILES string of the molecule is COC(=O)c1ccc2c(I)cn(C(=O)OC(C)(C)C)c2c1Cl. The lowest BCUT2D eigenvalue weighted by Crippen LogP contribution is -2.26. The molecule has 1 aromatic heterocycles. The molecule has 5 nitrogen and oxygen atoms in total. The standard InChI is InChI=1S/C15H15ClINO4/c1-15(2,3)22-14(20)18-7-10(17)8-5-6-9(13(19)21-4)11(16)12(8)18/h5-7H,1-4H3. The number of esters is 1.